The second kappa shape index (κ2) is 7.75. The lowest BCUT2D eigenvalue weighted by Crippen LogP contribution is -2.46. The summed E-state index contributed by atoms with van der Waals surface area (Å²) < 4.78 is 47.2. The zero-order valence-electron chi connectivity index (χ0n) is 16.6. The van der Waals surface area contributed by atoms with E-state index in [0.29, 0.717) is 24.5 Å². The Morgan fingerprint density at radius 3 is 2.57 bits per heavy atom. The van der Waals surface area contributed by atoms with Crippen LogP contribution in [0.3, 0.4) is 0 Å². The van der Waals surface area contributed by atoms with Gasteiger partial charge in [0.1, 0.15) is 0 Å². The first-order chi connectivity index (χ1) is 14.3. The third-order valence-corrected chi connectivity index (χ3v) is 5.65. The second-order valence-electron chi connectivity index (χ2n) is 7.65. The second-order valence-corrected chi connectivity index (χ2v) is 7.65. The molecule has 1 aromatic heterocycles. The molecule has 2 aliphatic rings. The Morgan fingerprint density at radius 2 is 1.93 bits per heavy atom. The molecule has 1 fully saturated rings. The molecule has 4 rings (SSSR count). The van der Waals surface area contributed by atoms with Crippen LogP contribution < -0.4 is 4.90 Å². The number of anilines is 1. The van der Waals surface area contributed by atoms with E-state index in [2.05, 4.69) is 5.10 Å². The van der Waals surface area contributed by atoms with Gasteiger partial charge < -0.3 is 14.5 Å². The average molecular weight is 422 g/mol. The Morgan fingerprint density at radius 1 is 1.23 bits per heavy atom. The number of benzene rings is 1. The Hall–Kier alpha value is -2.88. The van der Waals surface area contributed by atoms with Gasteiger partial charge in [-0.25, -0.2) is 13.2 Å². The van der Waals surface area contributed by atoms with E-state index in [1.54, 1.807) is 27.8 Å². The number of amides is 2. The quantitative estimate of drug-likeness (QED) is 0.708. The number of rotatable bonds is 4. The fourth-order valence-electron chi connectivity index (χ4n) is 4.00. The topological polar surface area (TPSA) is 67.7 Å². The summed E-state index contributed by atoms with van der Waals surface area (Å²) in [5.41, 5.74) is 1.40. The molecule has 0 aliphatic carbocycles. The number of aromatic nitrogens is 2. The number of carbonyl (C=O) groups is 2. The number of carbonyl (C=O) groups excluding carboxylic acids is 2. The van der Waals surface area contributed by atoms with E-state index in [-0.39, 0.29) is 48.9 Å². The van der Waals surface area contributed by atoms with Crippen LogP contribution in [0.2, 0.25) is 0 Å². The summed E-state index contributed by atoms with van der Waals surface area (Å²) in [7, 11) is 1.55. The van der Waals surface area contributed by atoms with Crippen molar-refractivity contribution in [2.24, 2.45) is 0 Å². The van der Waals surface area contributed by atoms with Crippen LogP contribution in [0.5, 0.6) is 0 Å². The molecule has 10 heteroatoms. The SMILES string of the molecule is CO[C@@H]1CC(=O)N(c2cnn3c2CN(C(=O)Cc2cc(F)c(F)c(F)c2)[C@@H](C)C3)C1. The van der Waals surface area contributed by atoms with Crippen molar-refractivity contribution in [3.8, 4) is 0 Å². The largest absolute Gasteiger partial charge is 0.379 e. The summed E-state index contributed by atoms with van der Waals surface area (Å²) in [5, 5.41) is 4.35. The van der Waals surface area contributed by atoms with Gasteiger partial charge in [0.15, 0.2) is 17.5 Å². The van der Waals surface area contributed by atoms with E-state index in [1.807, 2.05) is 6.92 Å². The number of halogens is 3. The molecule has 3 heterocycles. The highest BCUT2D eigenvalue weighted by Gasteiger charge is 2.36. The lowest BCUT2D eigenvalue weighted by Gasteiger charge is -2.35. The molecule has 2 aromatic rings. The van der Waals surface area contributed by atoms with Gasteiger partial charge in [-0.3, -0.25) is 14.3 Å². The highest BCUT2D eigenvalue weighted by Crippen LogP contribution is 2.31. The summed E-state index contributed by atoms with van der Waals surface area (Å²) in [6, 6.07) is 1.44. The minimum Gasteiger partial charge on any atom is -0.379 e. The van der Waals surface area contributed by atoms with Gasteiger partial charge in [0.05, 0.1) is 56.2 Å². The van der Waals surface area contributed by atoms with Crippen molar-refractivity contribution < 1.29 is 27.5 Å². The van der Waals surface area contributed by atoms with Gasteiger partial charge in [0.25, 0.3) is 0 Å². The first kappa shape index (κ1) is 20.4. The summed E-state index contributed by atoms with van der Waals surface area (Å²) in [5.74, 6) is -4.65. The van der Waals surface area contributed by atoms with Crippen LogP contribution in [0.25, 0.3) is 0 Å². The number of nitrogens with zero attached hydrogens (tertiary/aromatic N) is 4. The Bertz CT molecular complexity index is 986. The van der Waals surface area contributed by atoms with Crippen molar-refractivity contribution in [3.05, 3.63) is 47.0 Å². The smallest absolute Gasteiger partial charge is 0.229 e. The summed E-state index contributed by atoms with van der Waals surface area (Å²) in [6.45, 7) is 2.87. The van der Waals surface area contributed by atoms with Gasteiger partial charge in [-0.15, -0.1) is 0 Å². The highest BCUT2D eigenvalue weighted by molar-refractivity contribution is 5.96. The van der Waals surface area contributed by atoms with E-state index >= 15 is 0 Å². The number of hydrogen-bond acceptors (Lipinski definition) is 4. The fraction of sp³-hybridized carbons (Fsp3) is 0.450. The molecule has 0 unspecified atom stereocenters. The minimum absolute atomic E-state index is 0.0561. The van der Waals surface area contributed by atoms with Gasteiger partial charge in [0.2, 0.25) is 11.8 Å². The predicted molar refractivity (Wildman–Crippen MR) is 100 cm³/mol. The zero-order chi connectivity index (χ0) is 21.6. The van der Waals surface area contributed by atoms with Gasteiger partial charge in [-0.2, -0.15) is 5.10 Å². The van der Waals surface area contributed by atoms with E-state index < -0.39 is 17.5 Å². The van der Waals surface area contributed by atoms with E-state index in [4.69, 9.17) is 4.74 Å². The van der Waals surface area contributed by atoms with Gasteiger partial charge in [-0.05, 0) is 24.6 Å². The third kappa shape index (κ3) is 3.55. The minimum atomic E-state index is -1.56. The molecule has 0 bridgehead atoms. The van der Waals surface area contributed by atoms with Crippen molar-refractivity contribution >= 4 is 17.5 Å². The molecule has 7 nitrogen and oxygen atoms in total. The number of hydrogen-bond donors (Lipinski definition) is 0. The monoisotopic (exact) mass is 422 g/mol. The first-order valence-electron chi connectivity index (χ1n) is 9.59. The molecule has 2 atom stereocenters. The van der Waals surface area contributed by atoms with E-state index in [9.17, 15) is 22.8 Å². The summed E-state index contributed by atoms with van der Waals surface area (Å²) >= 11 is 0. The summed E-state index contributed by atoms with van der Waals surface area (Å²) in [6.07, 6.45) is 1.42. The van der Waals surface area contributed by atoms with Crippen molar-refractivity contribution in [2.75, 3.05) is 18.6 Å². The van der Waals surface area contributed by atoms with Gasteiger partial charge in [-0.1, -0.05) is 0 Å². The van der Waals surface area contributed by atoms with Crippen LogP contribution in [0.1, 0.15) is 24.6 Å². The Labute approximate surface area is 171 Å². The molecule has 1 aromatic carbocycles. The molecule has 1 saturated heterocycles. The van der Waals surface area contributed by atoms with Crippen LogP contribution >= 0.6 is 0 Å². The lowest BCUT2D eigenvalue weighted by atomic mass is 10.1. The standard InChI is InChI=1S/C20H21F3N4O3/c1-11-8-27-17(16(7-24-27)26-9-13(30-2)6-19(26)29)10-25(11)18(28)5-12-3-14(21)20(23)15(22)4-12/h3-4,7,11,13H,5-6,8-10H2,1-2H3/t11-,13+/m0/s1. The lowest BCUT2D eigenvalue weighted by molar-refractivity contribution is -0.134. The molecule has 0 N–H and O–H groups in total. The number of fused-ring (bicyclic) bond motifs is 1. The maximum Gasteiger partial charge on any atom is 0.229 e. The van der Waals surface area contributed by atoms with Crippen molar-refractivity contribution in [1.82, 2.24) is 14.7 Å². The van der Waals surface area contributed by atoms with Gasteiger partial charge >= 0.3 is 0 Å². The van der Waals surface area contributed by atoms with Crippen LogP contribution in [0, 0.1) is 17.5 Å². The average Bonchev–Trinajstić information content (AvgIpc) is 3.27. The van der Waals surface area contributed by atoms with Crippen LogP contribution in [-0.2, 0) is 33.8 Å². The van der Waals surface area contributed by atoms with E-state index in [1.165, 1.54) is 0 Å². The summed E-state index contributed by atoms with van der Waals surface area (Å²) in [4.78, 5) is 28.4. The molecule has 2 aliphatic heterocycles. The number of methoxy groups -OCH3 is 1. The first-order valence-corrected chi connectivity index (χ1v) is 9.59. The Kier molecular flexibility index (Phi) is 5.27. The predicted octanol–water partition coefficient (Wildman–Crippen LogP) is 2.03. The Balaban J connectivity index is 1.55. The normalized spacial score (nSPS) is 21.3. The molecule has 0 spiro atoms. The van der Waals surface area contributed by atoms with Crippen LogP contribution in [-0.4, -0.2) is 52.3 Å². The van der Waals surface area contributed by atoms with E-state index in [0.717, 1.165) is 12.1 Å². The third-order valence-electron chi connectivity index (χ3n) is 5.65. The molecular weight excluding hydrogens is 401 g/mol. The molecule has 2 amide bonds. The molecule has 160 valence electrons. The maximum absolute atomic E-state index is 13.5. The van der Waals surface area contributed by atoms with Crippen molar-refractivity contribution in [1.29, 1.82) is 0 Å². The molecule has 0 radical (unpaired) electrons. The molecule has 30 heavy (non-hydrogen) atoms. The van der Waals surface area contributed by atoms with Crippen molar-refractivity contribution in [3.63, 3.8) is 0 Å². The molecule has 0 saturated carbocycles. The highest BCUT2D eigenvalue weighted by atomic mass is 19.2. The zero-order valence-corrected chi connectivity index (χ0v) is 16.6. The number of ether oxygens (including phenoxy) is 1. The van der Waals surface area contributed by atoms with Gasteiger partial charge in [0, 0.05) is 13.2 Å². The van der Waals surface area contributed by atoms with Crippen LogP contribution in [0.4, 0.5) is 18.9 Å². The van der Waals surface area contributed by atoms with Crippen molar-refractivity contribution in [2.45, 2.75) is 45.0 Å². The van der Waals surface area contributed by atoms with Crippen LogP contribution in [0.15, 0.2) is 18.3 Å². The molecular formula is C20H21F3N4O3. The maximum atomic E-state index is 13.5. The fourth-order valence-corrected chi connectivity index (χ4v) is 4.00.